The first-order chi connectivity index (χ1) is 45.4. The zero-order valence-corrected chi connectivity index (χ0v) is 63.1. The molecule has 0 heterocycles. The van der Waals surface area contributed by atoms with E-state index in [1.807, 2.05) is 0 Å². The molecule has 0 aliphatic rings. The molecule has 0 bridgehead atoms. The normalized spacial score (nSPS) is 14.0. The highest BCUT2D eigenvalue weighted by atomic mass is 31.2. The predicted octanol–water partition coefficient (Wildman–Crippen LogP) is 21.9. The standard InChI is InChI=1S/C75H146O17P2/c1-7-9-11-13-15-17-19-21-22-23-24-25-26-27-28-30-34-41-48-54-60-75(80)91-70(63-85-72(77)57-51-45-39-35-31-32-37-43-49-55-67(3)4)65-89-93(81,82)87-61-69(76)62-88-94(83,84)90-66-71(64-86-73(78)58-52-46-42-36-38-44-50-56-68(5)6)92-74(79)59-53-47-40-33-29-20-18-16-14-12-10-8-2/h67-71,76H,7-66H2,1-6H3,(H,81,82)(H,83,84)/t69-,70-,71-/m1/s1. The molecule has 2 unspecified atom stereocenters. The molecule has 0 fully saturated rings. The summed E-state index contributed by atoms with van der Waals surface area (Å²) in [6.45, 7) is 9.51. The average molecular weight is 1380 g/mol. The van der Waals surface area contributed by atoms with Gasteiger partial charge in [0.1, 0.15) is 19.3 Å². The number of aliphatic hydroxyl groups is 1. The first-order valence-electron chi connectivity index (χ1n) is 39.0. The van der Waals surface area contributed by atoms with Crippen LogP contribution in [0.15, 0.2) is 0 Å². The minimum Gasteiger partial charge on any atom is -0.462 e. The third-order valence-corrected chi connectivity index (χ3v) is 19.4. The lowest BCUT2D eigenvalue weighted by atomic mass is 10.0. The zero-order valence-electron chi connectivity index (χ0n) is 61.3. The molecule has 3 N–H and O–H groups in total. The Bertz CT molecular complexity index is 1820. The van der Waals surface area contributed by atoms with E-state index in [2.05, 4.69) is 41.5 Å². The summed E-state index contributed by atoms with van der Waals surface area (Å²) in [4.78, 5) is 72.7. The molecule has 0 saturated heterocycles. The molecule has 19 heteroatoms. The summed E-state index contributed by atoms with van der Waals surface area (Å²) in [5.74, 6) is -0.669. The highest BCUT2D eigenvalue weighted by Crippen LogP contribution is 2.45. The molecular formula is C75H146O17P2. The van der Waals surface area contributed by atoms with Crippen molar-refractivity contribution in [3.63, 3.8) is 0 Å². The van der Waals surface area contributed by atoms with Crippen molar-refractivity contribution >= 4 is 39.5 Å². The number of esters is 4. The SMILES string of the molecule is CCCCCCCCCCCCCCCCCCCCCCC(=O)O[C@H](COC(=O)CCCCCCCCCCCC(C)C)COP(=O)(O)OC[C@@H](O)COP(=O)(O)OC[C@@H](COC(=O)CCCCCCCCCC(C)C)OC(=O)CCCCCCCCCCCCCC. The van der Waals surface area contributed by atoms with E-state index in [1.165, 1.54) is 199 Å². The molecule has 558 valence electrons. The molecule has 0 aliphatic heterocycles. The monoisotopic (exact) mass is 1380 g/mol. The van der Waals surface area contributed by atoms with Gasteiger partial charge in [0.15, 0.2) is 12.2 Å². The molecule has 0 spiro atoms. The maximum atomic E-state index is 13.1. The second-order valence-electron chi connectivity index (χ2n) is 28.0. The predicted molar refractivity (Wildman–Crippen MR) is 381 cm³/mol. The smallest absolute Gasteiger partial charge is 0.462 e. The fourth-order valence-corrected chi connectivity index (χ4v) is 13.1. The Morgan fingerprint density at radius 2 is 0.489 bits per heavy atom. The minimum absolute atomic E-state index is 0.107. The van der Waals surface area contributed by atoms with Crippen molar-refractivity contribution < 1.29 is 80.2 Å². The quantitative estimate of drug-likeness (QED) is 0.0222. The first kappa shape index (κ1) is 92.1. The summed E-state index contributed by atoms with van der Waals surface area (Å²) < 4.78 is 68.4. The van der Waals surface area contributed by atoms with Gasteiger partial charge in [0.05, 0.1) is 26.4 Å². The fraction of sp³-hybridized carbons (Fsp3) is 0.947. The van der Waals surface area contributed by atoms with Gasteiger partial charge >= 0.3 is 39.5 Å². The van der Waals surface area contributed by atoms with Gasteiger partial charge in [-0.1, -0.05) is 337 Å². The lowest BCUT2D eigenvalue weighted by molar-refractivity contribution is -0.161. The lowest BCUT2D eigenvalue weighted by Crippen LogP contribution is -2.30. The Morgan fingerprint density at radius 1 is 0.287 bits per heavy atom. The number of rotatable bonds is 74. The van der Waals surface area contributed by atoms with Gasteiger partial charge in [0.2, 0.25) is 0 Å². The van der Waals surface area contributed by atoms with Crippen LogP contribution in [0.1, 0.15) is 388 Å². The van der Waals surface area contributed by atoms with Crippen LogP contribution in [0.4, 0.5) is 0 Å². The van der Waals surface area contributed by atoms with E-state index >= 15 is 0 Å². The molecule has 0 aromatic carbocycles. The Balaban J connectivity index is 5.20. The van der Waals surface area contributed by atoms with E-state index in [-0.39, 0.29) is 25.7 Å². The lowest BCUT2D eigenvalue weighted by Gasteiger charge is -2.21. The second kappa shape index (κ2) is 66.9. The van der Waals surface area contributed by atoms with E-state index in [0.29, 0.717) is 31.6 Å². The zero-order chi connectivity index (χ0) is 69.3. The van der Waals surface area contributed by atoms with Gasteiger partial charge in [-0.15, -0.1) is 0 Å². The number of hydrogen-bond acceptors (Lipinski definition) is 15. The summed E-state index contributed by atoms with van der Waals surface area (Å²) in [6.07, 6.45) is 54.3. The van der Waals surface area contributed by atoms with Crippen molar-refractivity contribution in [3.8, 4) is 0 Å². The number of ether oxygens (including phenoxy) is 4. The minimum atomic E-state index is -4.96. The van der Waals surface area contributed by atoms with Crippen LogP contribution in [0, 0.1) is 11.8 Å². The van der Waals surface area contributed by atoms with Crippen molar-refractivity contribution in [2.45, 2.75) is 407 Å². The molecule has 0 aromatic rings. The van der Waals surface area contributed by atoms with E-state index in [9.17, 15) is 43.2 Å². The van der Waals surface area contributed by atoms with Crippen LogP contribution in [0.3, 0.4) is 0 Å². The number of aliphatic hydroxyl groups excluding tert-OH is 1. The Hall–Kier alpha value is -1.94. The summed E-state index contributed by atoms with van der Waals surface area (Å²) in [6, 6.07) is 0. The molecule has 0 amide bonds. The van der Waals surface area contributed by atoms with E-state index in [4.69, 9.17) is 37.0 Å². The number of phosphoric acid groups is 2. The maximum absolute atomic E-state index is 13.1. The van der Waals surface area contributed by atoms with Crippen LogP contribution in [-0.4, -0.2) is 96.7 Å². The van der Waals surface area contributed by atoms with E-state index in [1.54, 1.807) is 0 Å². The molecular weight excluding hydrogens is 1230 g/mol. The van der Waals surface area contributed by atoms with Crippen molar-refractivity contribution in [2.24, 2.45) is 11.8 Å². The highest BCUT2D eigenvalue weighted by Gasteiger charge is 2.30. The van der Waals surface area contributed by atoms with Gasteiger partial charge in [0.25, 0.3) is 0 Å². The van der Waals surface area contributed by atoms with Gasteiger partial charge in [-0.05, 0) is 37.5 Å². The first-order valence-corrected chi connectivity index (χ1v) is 42.0. The molecule has 0 aromatic heterocycles. The van der Waals surface area contributed by atoms with Crippen molar-refractivity contribution in [1.29, 1.82) is 0 Å². The van der Waals surface area contributed by atoms with Gasteiger partial charge < -0.3 is 33.8 Å². The summed E-state index contributed by atoms with van der Waals surface area (Å²) in [5, 5.41) is 10.6. The maximum Gasteiger partial charge on any atom is 0.472 e. The van der Waals surface area contributed by atoms with Gasteiger partial charge in [0, 0.05) is 25.7 Å². The third kappa shape index (κ3) is 68.6. The molecule has 94 heavy (non-hydrogen) atoms. The molecule has 0 radical (unpaired) electrons. The molecule has 17 nitrogen and oxygen atoms in total. The number of phosphoric ester groups is 2. The molecule has 5 atom stereocenters. The van der Waals surface area contributed by atoms with Crippen LogP contribution < -0.4 is 0 Å². The Labute approximate surface area is 575 Å². The molecule has 0 rings (SSSR count). The van der Waals surface area contributed by atoms with Crippen LogP contribution in [0.5, 0.6) is 0 Å². The Kier molecular flexibility index (Phi) is 65.5. The van der Waals surface area contributed by atoms with Crippen molar-refractivity contribution in [3.05, 3.63) is 0 Å². The van der Waals surface area contributed by atoms with Crippen molar-refractivity contribution in [2.75, 3.05) is 39.6 Å². The van der Waals surface area contributed by atoms with Crippen LogP contribution in [-0.2, 0) is 65.4 Å². The molecule has 0 saturated carbocycles. The van der Waals surface area contributed by atoms with E-state index in [0.717, 1.165) is 102 Å². The second-order valence-corrected chi connectivity index (χ2v) is 30.9. The topological polar surface area (TPSA) is 237 Å². The van der Waals surface area contributed by atoms with Gasteiger partial charge in [-0.25, -0.2) is 9.13 Å². The third-order valence-electron chi connectivity index (χ3n) is 17.5. The van der Waals surface area contributed by atoms with Crippen molar-refractivity contribution in [1.82, 2.24) is 0 Å². The van der Waals surface area contributed by atoms with Crippen LogP contribution in [0.25, 0.3) is 0 Å². The number of carbonyl (C=O) groups is 4. The summed E-state index contributed by atoms with van der Waals surface area (Å²) in [5.41, 5.74) is 0. The number of hydrogen-bond donors (Lipinski definition) is 3. The summed E-state index contributed by atoms with van der Waals surface area (Å²) in [7, 11) is -9.91. The van der Waals surface area contributed by atoms with Crippen LogP contribution in [0.2, 0.25) is 0 Å². The largest absolute Gasteiger partial charge is 0.472 e. The number of carbonyl (C=O) groups excluding carboxylic acids is 4. The Morgan fingerprint density at radius 3 is 0.723 bits per heavy atom. The van der Waals surface area contributed by atoms with Gasteiger partial charge in [-0.2, -0.15) is 0 Å². The van der Waals surface area contributed by atoms with E-state index < -0.39 is 97.5 Å². The highest BCUT2D eigenvalue weighted by molar-refractivity contribution is 7.47. The fourth-order valence-electron chi connectivity index (χ4n) is 11.5. The van der Waals surface area contributed by atoms with Crippen LogP contribution >= 0.6 is 15.6 Å². The molecule has 0 aliphatic carbocycles. The van der Waals surface area contributed by atoms with Gasteiger partial charge in [-0.3, -0.25) is 37.3 Å². The summed E-state index contributed by atoms with van der Waals surface area (Å²) >= 11 is 0. The number of unbranched alkanes of at least 4 members (excludes halogenated alkanes) is 44. The average Bonchev–Trinajstić information content (AvgIpc) is 2.46.